The third kappa shape index (κ3) is 3.09. The maximum atomic E-state index is 11.4. The minimum Gasteiger partial charge on any atom is -0.478 e. The van der Waals surface area contributed by atoms with Gasteiger partial charge >= 0.3 is 5.97 Å². The maximum Gasteiger partial charge on any atom is 0.335 e. The SMILES string of the molecule is Cc1cccc(-c2ccccc2Cn2c(C)c(C)c3cc(C(=O)O)ccc32)c1. The summed E-state index contributed by atoms with van der Waals surface area (Å²) in [7, 11) is 0. The van der Waals surface area contributed by atoms with E-state index >= 15 is 0 Å². The first kappa shape index (κ1) is 18.1. The third-order valence-corrected chi connectivity index (χ3v) is 5.56. The van der Waals surface area contributed by atoms with E-state index in [1.54, 1.807) is 12.1 Å². The van der Waals surface area contributed by atoms with Crippen molar-refractivity contribution in [1.82, 2.24) is 4.57 Å². The molecule has 4 rings (SSSR count). The van der Waals surface area contributed by atoms with Crippen molar-refractivity contribution < 1.29 is 9.90 Å². The number of aromatic carboxylic acids is 1. The summed E-state index contributed by atoms with van der Waals surface area (Å²) >= 11 is 0. The Morgan fingerprint density at radius 3 is 2.46 bits per heavy atom. The molecule has 0 aliphatic heterocycles. The highest BCUT2D eigenvalue weighted by molar-refractivity contribution is 5.95. The van der Waals surface area contributed by atoms with Gasteiger partial charge in [0.15, 0.2) is 0 Å². The number of rotatable bonds is 4. The van der Waals surface area contributed by atoms with Gasteiger partial charge in [-0.3, -0.25) is 0 Å². The molecule has 3 aromatic carbocycles. The van der Waals surface area contributed by atoms with Gasteiger partial charge in [-0.15, -0.1) is 0 Å². The summed E-state index contributed by atoms with van der Waals surface area (Å²) in [5.74, 6) is -0.892. The number of hydrogen-bond donors (Lipinski definition) is 1. The lowest BCUT2D eigenvalue weighted by Crippen LogP contribution is -2.04. The van der Waals surface area contributed by atoms with Gasteiger partial charge in [-0.1, -0.05) is 54.1 Å². The highest BCUT2D eigenvalue weighted by atomic mass is 16.4. The van der Waals surface area contributed by atoms with Gasteiger partial charge in [-0.25, -0.2) is 4.79 Å². The summed E-state index contributed by atoms with van der Waals surface area (Å²) in [6.07, 6.45) is 0. The Balaban J connectivity index is 1.84. The van der Waals surface area contributed by atoms with Crippen molar-refractivity contribution in [2.75, 3.05) is 0 Å². The highest BCUT2D eigenvalue weighted by Crippen LogP contribution is 2.30. The van der Waals surface area contributed by atoms with Gasteiger partial charge in [0.1, 0.15) is 0 Å². The van der Waals surface area contributed by atoms with Gasteiger partial charge in [-0.05, 0) is 61.2 Å². The van der Waals surface area contributed by atoms with Crippen LogP contribution in [-0.4, -0.2) is 15.6 Å². The van der Waals surface area contributed by atoms with Gasteiger partial charge < -0.3 is 9.67 Å². The van der Waals surface area contributed by atoms with E-state index < -0.39 is 5.97 Å². The molecule has 0 atom stereocenters. The predicted octanol–water partition coefficient (Wildman–Crippen LogP) is 5.98. The standard InChI is InChI=1S/C25H23NO2/c1-16-7-6-9-19(13-16)22-10-5-4-8-21(22)15-26-18(3)17(2)23-14-20(25(27)28)11-12-24(23)26/h4-14H,15H2,1-3H3,(H,27,28). The summed E-state index contributed by atoms with van der Waals surface area (Å²) in [6.45, 7) is 7.02. The number of carbonyl (C=O) groups is 1. The fourth-order valence-electron chi connectivity index (χ4n) is 3.91. The van der Waals surface area contributed by atoms with E-state index in [1.807, 2.05) is 6.07 Å². The van der Waals surface area contributed by atoms with Gasteiger partial charge in [0.25, 0.3) is 0 Å². The molecule has 3 heteroatoms. The number of aryl methyl sites for hydroxylation is 2. The van der Waals surface area contributed by atoms with Crippen LogP contribution in [0.15, 0.2) is 66.7 Å². The van der Waals surface area contributed by atoms with Crippen LogP contribution in [0.25, 0.3) is 22.0 Å². The molecular weight excluding hydrogens is 346 g/mol. The Kier molecular flexibility index (Phi) is 4.52. The lowest BCUT2D eigenvalue weighted by molar-refractivity contribution is 0.0697. The predicted molar refractivity (Wildman–Crippen MR) is 114 cm³/mol. The number of carboxylic acid groups (broad SMARTS) is 1. The largest absolute Gasteiger partial charge is 0.478 e. The summed E-state index contributed by atoms with van der Waals surface area (Å²) in [4.78, 5) is 11.4. The van der Waals surface area contributed by atoms with Gasteiger partial charge in [0, 0.05) is 23.1 Å². The van der Waals surface area contributed by atoms with Crippen LogP contribution in [0.3, 0.4) is 0 Å². The molecule has 0 saturated heterocycles. The zero-order valence-corrected chi connectivity index (χ0v) is 16.4. The molecule has 0 bridgehead atoms. The molecule has 140 valence electrons. The lowest BCUT2D eigenvalue weighted by Gasteiger charge is -2.14. The molecule has 0 fully saturated rings. The van der Waals surface area contributed by atoms with Crippen molar-refractivity contribution in [3.8, 4) is 11.1 Å². The van der Waals surface area contributed by atoms with E-state index in [0.29, 0.717) is 5.56 Å². The van der Waals surface area contributed by atoms with Crippen LogP contribution >= 0.6 is 0 Å². The first-order chi connectivity index (χ1) is 13.5. The summed E-state index contributed by atoms with van der Waals surface area (Å²) in [6, 6.07) is 22.4. The average molecular weight is 369 g/mol. The molecule has 0 saturated carbocycles. The van der Waals surface area contributed by atoms with Crippen LogP contribution in [0.4, 0.5) is 0 Å². The number of carboxylic acids is 1. The maximum absolute atomic E-state index is 11.4. The van der Waals surface area contributed by atoms with Crippen LogP contribution in [0.5, 0.6) is 0 Å². The zero-order valence-electron chi connectivity index (χ0n) is 16.4. The summed E-state index contributed by atoms with van der Waals surface area (Å²) in [5, 5.41) is 10.3. The summed E-state index contributed by atoms with van der Waals surface area (Å²) < 4.78 is 2.28. The van der Waals surface area contributed by atoms with Crippen molar-refractivity contribution in [1.29, 1.82) is 0 Å². The van der Waals surface area contributed by atoms with Crippen molar-refractivity contribution in [2.45, 2.75) is 27.3 Å². The van der Waals surface area contributed by atoms with Gasteiger partial charge in [0.2, 0.25) is 0 Å². The number of nitrogens with zero attached hydrogens (tertiary/aromatic N) is 1. The lowest BCUT2D eigenvalue weighted by atomic mass is 9.98. The quantitative estimate of drug-likeness (QED) is 0.481. The van der Waals surface area contributed by atoms with E-state index in [0.717, 1.165) is 28.7 Å². The molecule has 0 aliphatic carbocycles. The molecule has 1 N–H and O–H groups in total. The Hall–Kier alpha value is -3.33. The zero-order chi connectivity index (χ0) is 19.8. The Morgan fingerprint density at radius 2 is 1.71 bits per heavy atom. The molecule has 0 radical (unpaired) electrons. The average Bonchev–Trinajstić information content (AvgIpc) is 2.93. The van der Waals surface area contributed by atoms with E-state index in [1.165, 1.54) is 22.3 Å². The number of hydrogen-bond acceptors (Lipinski definition) is 1. The Morgan fingerprint density at radius 1 is 0.929 bits per heavy atom. The molecule has 3 nitrogen and oxygen atoms in total. The van der Waals surface area contributed by atoms with Crippen molar-refractivity contribution >= 4 is 16.9 Å². The number of benzene rings is 3. The minimum absolute atomic E-state index is 0.327. The molecule has 0 spiro atoms. The summed E-state index contributed by atoms with van der Waals surface area (Å²) in [5.41, 5.74) is 8.62. The Labute approximate surface area is 164 Å². The second-order valence-electron chi connectivity index (χ2n) is 7.36. The van der Waals surface area contributed by atoms with E-state index in [2.05, 4.69) is 73.9 Å². The molecule has 0 amide bonds. The van der Waals surface area contributed by atoms with Gasteiger partial charge in [-0.2, -0.15) is 0 Å². The van der Waals surface area contributed by atoms with Crippen LogP contribution in [0.1, 0.15) is 32.7 Å². The third-order valence-electron chi connectivity index (χ3n) is 5.56. The van der Waals surface area contributed by atoms with E-state index in [-0.39, 0.29) is 0 Å². The molecular formula is C25H23NO2. The molecule has 0 aliphatic rings. The second-order valence-corrected chi connectivity index (χ2v) is 7.36. The molecule has 28 heavy (non-hydrogen) atoms. The first-order valence-corrected chi connectivity index (χ1v) is 9.43. The molecule has 1 heterocycles. The van der Waals surface area contributed by atoms with Gasteiger partial charge in [0.05, 0.1) is 5.56 Å². The first-order valence-electron chi connectivity index (χ1n) is 9.43. The molecule has 0 unspecified atom stereocenters. The van der Waals surface area contributed by atoms with Crippen LogP contribution in [0, 0.1) is 20.8 Å². The van der Waals surface area contributed by atoms with Crippen LogP contribution in [0.2, 0.25) is 0 Å². The molecule has 4 aromatic rings. The molecule has 1 aromatic heterocycles. The van der Waals surface area contributed by atoms with Crippen molar-refractivity contribution in [3.63, 3.8) is 0 Å². The van der Waals surface area contributed by atoms with Crippen LogP contribution in [-0.2, 0) is 6.54 Å². The smallest absolute Gasteiger partial charge is 0.335 e. The van der Waals surface area contributed by atoms with Crippen molar-refractivity contribution in [2.24, 2.45) is 0 Å². The monoisotopic (exact) mass is 369 g/mol. The number of aromatic nitrogens is 1. The van der Waals surface area contributed by atoms with E-state index in [9.17, 15) is 9.90 Å². The fourth-order valence-corrected chi connectivity index (χ4v) is 3.91. The second kappa shape index (κ2) is 7.01. The normalized spacial score (nSPS) is 11.1. The highest BCUT2D eigenvalue weighted by Gasteiger charge is 2.15. The van der Waals surface area contributed by atoms with Crippen molar-refractivity contribution in [3.05, 3.63) is 94.7 Å². The fraction of sp³-hybridized carbons (Fsp3) is 0.160. The van der Waals surface area contributed by atoms with E-state index in [4.69, 9.17) is 0 Å². The Bertz CT molecular complexity index is 1200. The number of fused-ring (bicyclic) bond motifs is 1. The minimum atomic E-state index is -0.892. The topological polar surface area (TPSA) is 42.2 Å². The van der Waals surface area contributed by atoms with Crippen LogP contribution < -0.4 is 0 Å².